The van der Waals surface area contributed by atoms with Crippen LogP contribution in [0.3, 0.4) is 0 Å². The van der Waals surface area contributed by atoms with Gasteiger partial charge in [0.15, 0.2) is 5.78 Å². The second kappa shape index (κ2) is 6.43. The summed E-state index contributed by atoms with van der Waals surface area (Å²) in [5.41, 5.74) is -0.428. The molecule has 0 radical (unpaired) electrons. The van der Waals surface area contributed by atoms with Crippen molar-refractivity contribution in [2.75, 3.05) is 6.61 Å². The number of para-hydroxylation sites is 1. The van der Waals surface area contributed by atoms with Gasteiger partial charge in [0.05, 0.1) is 5.56 Å². The van der Waals surface area contributed by atoms with E-state index in [1.165, 1.54) is 12.1 Å². The van der Waals surface area contributed by atoms with Crippen LogP contribution in [0.5, 0.6) is 5.75 Å². The number of Topliss-reactive ketones (excluding diaryl/α,β-unsaturated/α-hetero) is 1. The molecule has 0 N–H and O–H groups in total. The van der Waals surface area contributed by atoms with E-state index in [0.717, 1.165) is 12.1 Å². The van der Waals surface area contributed by atoms with Gasteiger partial charge in [0, 0.05) is 6.42 Å². The number of ketones is 1. The third kappa shape index (κ3) is 4.63. The van der Waals surface area contributed by atoms with E-state index in [0.29, 0.717) is 11.3 Å². The number of hydrogen-bond donors (Lipinski definition) is 0. The van der Waals surface area contributed by atoms with Gasteiger partial charge in [0.25, 0.3) is 0 Å². The maximum absolute atomic E-state index is 12.6. The predicted octanol–water partition coefficient (Wildman–Crippen LogP) is 3.90. The van der Waals surface area contributed by atoms with E-state index in [2.05, 4.69) is 0 Å². The highest BCUT2D eigenvalue weighted by Crippen LogP contribution is 2.29. The number of ether oxygens (including phenoxy) is 1. The van der Waals surface area contributed by atoms with Crippen LogP contribution in [-0.2, 0) is 17.4 Å². The molecule has 21 heavy (non-hydrogen) atoms. The van der Waals surface area contributed by atoms with Gasteiger partial charge in [0.2, 0.25) is 0 Å². The summed E-state index contributed by atoms with van der Waals surface area (Å²) in [7, 11) is 0. The van der Waals surface area contributed by atoms with Crippen LogP contribution in [0, 0.1) is 0 Å². The van der Waals surface area contributed by atoms with Crippen molar-refractivity contribution >= 4 is 5.78 Å². The average molecular weight is 294 g/mol. The Bertz CT molecular complexity index is 606. The molecule has 0 atom stereocenters. The molecule has 2 aromatic carbocycles. The number of carbonyl (C=O) groups is 1. The lowest BCUT2D eigenvalue weighted by Crippen LogP contribution is -2.14. The molecule has 0 aromatic heterocycles. The molecule has 0 bridgehead atoms. The first-order valence-electron chi connectivity index (χ1n) is 6.31. The lowest BCUT2D eigenvalue weighted by atomic mass is 10.1. The summed E-state index contributed by atoms with van der Waals surface area (Å²) in [6.07, 6.45) is -4.49. The van der Waals surface area contributed by atoms with E-state index in [1.54, 1.807) is 24.3 Å². The number of benzene rings is 2. The van der Waals surface area contributed by atoms with Gasteiger partial charge in [-0.1, -0.05) is 36.4 Å². The molecule has 2 aromatic rings. The number of carbonyl (C=O) groups excluding carboxylic acids is 1. The summed E-state index contributed by atoms with van der Waals surface area (Å²) in [5, 5.41) is 0. The zero-order valence-corrected chi connectivity index (χ0v) is 11.1. The van der Waals surface area contributed by atoms with Gasteiger partial charge >= 0.3 is 6.18 Å². The molecule has 2 rings (SSSR count). The fourth-order valence-corrected chi connectivity index (χ4v) is 1.82. The normalized spacial score (nSPS) is 11.2. The molecule has 5 heteroatoms. The number of alkyl halides is 3. The molecule has 0 saturated heterocycles. The van der Waals surface area contributed by atoms with Crippen LogP contribution in [0.1, 0.15) is 11.1 Å². The molecule has 0 fully saturated rings. The zero-order valence-electron chi connectivity index (χ0n) is 11.1. The Morgan fingerprint density at radius 1 is 1.00 bits per heavy atom. The maximum atomic E-state index is 12.6. The summed E-state index contributed by atoms with van der Waals surface area (Å²) in [4.78, 5) is 11.7. The molecule has 2 nitrogen and oxygen atoms in total. The molecular formula is C16H13F3O2. The SMILES string of the molecule is O=C(COc1ccccc1)Cc1cccc(C(F)(F)F)c1. The van der Waals surface area contributed by atoms with Crippen molar-refractivity contribution in [2.24, 2.45) is 0 Å². The minimum Gasteiger partial charge on any atom is -0.486 e. The van der Waals surface area contributed by atoms with Crippen LogP contribution in [0.2, 0.25) is 0 Å². The fraction of sp³-hybridized carbons (Fsp3) is 0.188. The van der Waals surface area contributed by atoms with E-state index in [1.807, 2.05) is 6.07 Å². The summed E-state index contributed by atoms with van der Waals surface area (Å²) in [6, 6.07) is 13.5. The molecule has 110 valence electrons. The maximum Gasteiger partial charge on any atom is 0.416 e. The molecule has 0 aliphatic carbocycles. The number of hydrogen-bond acceptors (Lipinski definition) is 2. The van der Waals surface area contributed by atoms with Crippen molar-refractivity contribution in [1.82, 2.24) is 0 Å². The van der Waals surface area contributed by atoms with Crippen molar-refractivity contribution in [1.29, 1.82) is 0 Å². The molecule has 0 heterocycles. The lowest BCUT2D eigenvalue weighted by molar-refractivity contribution is -0.137. The van der Waals surface area contributed by atoms with Crippen molar-refractivity contribution in [3.8, 4) is 5.75 Å². The van der Waals surface area contributed by atoms with Gasteiger partial charge in [0.1, 0.15) is 12.4 Å². The first kappa shape index (κ1) is 15.1. The van der Waals surface area contributed by atoms with Crippen molar-refractivity contribution in [2.45, 2.75) is 12.6 Å². The van der Waals surface area contributed by atoms with Crippen molar-refractivity contribution in [3.05, 3.63) is 65.7 Å². The van der Waals surface area contributed by atoms with E-state index < -0.39 is 11.7 Å². The van der Waals surface area contributed by atoms with Crippen molar-refractivity contribution in [3.63, 3.8) is 0 Å². The molecule has 0 aliphatic heterocycles. The summed E-state index contributed by atoms with van der Waals surface area (Å²) in [5.74, 6) is 0.271. The third-order valence-corrected chi connectivity index (χ3v) is 2.80. The first-order chi connectivity index (χ1) is 9.95. The second-order valence-electron chi connectivity index (χ2n) is 4.52. The quantitative estimate of drug-likeness (QED) is 0.836. The Morgan fingerprint density at radius 2 is 1.71 bits per heavy atom. The summed E-state index contributed by atoms with van der Waals surface area (Å²) >= 11 is 0. The fourth-order valence-electron chi connectivity index (χ4n) is 1.82. The van der Waals surface area contributed by atoms with Gasteiger partial charge < -0.3 is 4.74 Å². The average Bonchev–Trinajstić information content (AvgIpc) is 2.46. The van der Waals surface area contributed by atoms with Crippen LogP contribution in [0.4, 0.5) is 13.2 Å². The van der Waals surface area contributed by atoms with Crippen LogP contribution < -0.4 is 4.74 Å². The van der Waals surface area contributed by atoms with E-state index >= 15 is 0 Å². The van der Waals surface area contributed by atoms with Gasteiger partial charge in [-0.2, -0.15) is 13.2 Å². The molecule has 0 unspecified atom stereocenters. The molecular weight excluding hydrogens is 281 g/mol. The zero-order chi connectivity index (χ0) is 15.3. The van der Waals surface area contributed by atoms with Gasteiger partial charge in [-0.15, -0.1) is 0 Å². The smallest absolute Gasteiger partial charge is 0.416 e. The minimum atomic E-state index is -4.40. The first-order valence-corrected chi connectivity index (χ1v) is 6.31. The van der Waals surface area contributed by atoms with Crippen LogP contribution in [0.25, 0.3) is 0 Å². The highest BCUT2D eigenvalue weighted by atomic mass is 19.4. The predicted molar refractivity (Wildman–Crippen MR) is 72.1 cm³/mol. The number of halogens is 3. The van der Waals surface area contributed by atoms with Crippen LogP contribution in [-0.4, -0.2) is 12.4 Å². The monoisotopic (exact) mass is 294 g/mol. The molecule has 0 saturated carbocycles. The summed E-state index contributed by atoms with van der Waals surface area (Å²) < 4.78 is 43.0. The van der Waals surface area contributed by atoms with Gasteiger partial charge in [-0.3, -0.25) is 4.79 Å². The van der Waals surface area contributed by atoms with Crippen LogP contribution >= 0.6 is 0 Å². The Kier molecular flexibility index (Phi) is 4.62. The van der Waals surface area contributed by atoms with E-state index in [-0.39, 0.29) is 18.8 Å². The topological polar surface area (TPSA) is 26.3 Å². The molecule has 0 amide bonds. The lowest BCUT2D eigenvalue weighted by Gasteiger charge is -2.09. The molecule has 0 spiro atoms. The highest BCUT2D eigenvalue weighted by Gasteiger charge is 2.30. The standard InChI is InChI=1S/C16H13F3O2/c17-16(18,19)13-6-4-5-12(9-13)10-14(20)11-21-15-7-2-1-3-8-15/h1-9H,10-11H2. The Labute approximate surface area is 120 Å². The van der Waals surface area contributed by atoms with Crippen LogP contribution in [0.15, 0.2) is 54.6 Å². The summed E-state index contributed by atoms with van der Waals surface area (Å²) in [6.45, 7) is -0.166. The highest BCUT2D eigenvalue weighted by molar-refractivity contribution is 5.82. The van der Waals surface area contributed by atoms with E-state index in [4.69, 9.17) is 4.74 Å². The molecule has 0 aliphatic rings. The largest absolute Gasteiger partial charge is 0.486 e. The third-order valence-electron chi connectivity index (χ3n) is 2.80. The van der Waals surface area contributed by atoms with Crippen molar-refractivity contribution < 1.29 is 22.7 Å². The number of rotatable bonds is 5. The minimum absolute atomic E-state index is 0.0866. The van der Waals surface area contributed by atoms with Gasteiger partial charge in [-0.25, -0.2) is 0 Å². The Hall–Kier alpha value is -2.30. The van der Waals surface area contributed by atoms with E-state index in [9.17, 15) is 18.0 Å². The van der Waals surface area contributed by atoms with Gasteiger partial charge in [-0.05, 0) is 23.8 Å². The Morgan fingerprint density at radius 3 is 2.38 bits per heavy atom. The second-order valence-corrected chi connectivity index (χ2v) is 4.52. The Balaban J connectivity index is 1.94.